The van der Waals surface area contributed by atoms with Gasteiger partial charge in [-0.15, -0.1) is 0 Å². The third-order valence-corrected chi connectivity index (χ3v) is 3.51. The molecule has 0 unspecified atom stereocenters. The Labute approximate surface area is 120 Å². The highest BCUT2D eigenvalue weighted by atomic mass is 35.5. The molecule has 3 rings (SSSR count). The molecule has 2 nitrogen and oxygen atoms in total. The predicted octanol–water partition coefficient (Wildman–Crippen LogP) is 5.33. The summed E-state index contributed by atoms with van der Waals surface area (Å²) in [5.74, 6) is 0.986. The van der Waals surface area contributed by atoms with Crippen molar-refractivity contribution in [2.75, 3.05) is 0 Å². The minimum atomic E-state index is 0.388. The number of para-hydroxylation sites is 1. The number of hydrogen-bond donors (Lipinski definition) is 0. The number of pyridine rings is 1. The monoisotopic (exact) mass is 289 g/mol. The number of rotatable bonds is 2. The maximum Gasteiger partial charge on any atom is 0.219 e. The maximum atomic E-state index is 6.08. The van der Waals surface area contributed by atoms with Crippen molar-refractivity contribution in [3.8, 4) is 11.6 Å². The first-order valence-corrected chi connectivity index (χ1v) is 6.47. The number of nitrogens with zero attached hydrogens (tertiary/aromatic N) is 1. The van der Waals surface area contributed by atoms with E-state index in [0.29, 0.717) is 21.7 Å². The Bertz CT molecular complexity index is 743. The lowest BCUT2D eigenvalue weighted by Crippen LogP contribution is -1.89. The highest BCUT2D eigenvalue weighted by Gasteiger charge is 2.07. The Morgan fingerprint density at radius 1 is 0.842 bits per heavy atom. The lowest BCUT2D eigenvalue weighted by atomic mass is 10.2. The normalized spacial score (nSPS) is 10.6. The molecule has 4 heteroatoms. The Morgan fingerprint density at radius 3 is 2.58 bits per heavy atom. The van der Waals surface area contributed by atoms with E-state index in [2.05, 4.69) is 4.98 Å². The van der Waals surface area contributed by atoms with Gasteiger partial charge in [0, 0.05) is 11.5 Å². The van der Waals surface area contributed by atoms with Crippen LogP contribution >= 0.6 is 23.2 Å². The van der Waals surface area contributed by atoms with E-state index >= 15 is 0 Å². The SMILES string of the molecule is Clc1cccc(Oc2ccc3ccccc3n2)c1Cl. The van der Waals surface area contributed by atoms with Gasteiger partial charge >= 0.3 is 0 Å². The van der Waals surface area contributed by atoms with E-state index in [4.69, 9.17) is 27.9 Å². The van der Waals surface area contributed by atoms with Crippen molar-refractivity contribution < 1.29 is 4.74 Å². The second-order valence-corrected chi connectivity index (χ2v) is 4.78. The molecule has 19 heavy (non-hydrogen) atoms. The zero-order valence-corrected chi connectivity index (χ0v) is 11.3. The summed E-state index contributed by atoms with van der Waals surface area (Å²) in [4.78, 5) is 4.42. The van der Waals surface area contributed by atoms with E-state index in [1.165, 1.54) is 0 Å². The molecule has 94 valence electrons. The Kier molecular flexibility index (Phi) is 3.28. The summed E-state index contributed by atoms with van der Waals surface area (Å²) in [6.45, 7) is 0. The van der Waals surface area contributed by atoms with Crippen LogP contribution in [0.4, 0.5) is 0 Å². The molecule has 0 fully saturated rings. The first-order valence-electron chi connectivity index (χ1n) is 5.72. The highest BCUT2D eigenvalue weighted by molar-refractivity contribution is 6.42. The molecule has 1 heterocycles. The van der Waals surface area contributed by atoms with Crippen molar-refractivity contribution in [3.63, 3.8) is 0 Å². The molecular weight excluding hydrogens is 281 g/mol. The van der Waals surface area contributed by atoms with Gasteiger partial charge in [0.15, 0.2) is 0 Å². The third kappa shape index (κ3) is 2.50. The number of hydrogen-bond acceptors (Lipinski definition) is 2. The number of aromatic nitrogens is 1. The van der Waals surface area contributed by atoms with Crippen molar-refractivity contribution in [3.05, 3.63) is 64.6 Å². The summed E-state index contributed by atoms with van der Waals surface area (Å²) in [6, 6.07) is 16.8. The lowest BCUT2D eigenvalue weighted by molar-refractivity contribution is 0.465. The Morgan fingerprint density at radius 2 is 1.68 bits per heavy atom. The van der Waals surface area contributed by atoms with Gasteiger partial charge in [-0.05, 0) is 24.3 Å². The molecule has 0 atom stereocenters. The predicted molar refractivity (Wildman–Crippen MR) is 78.3 cm³/mol. The van der Waals surface area contributed by atoms with E-state index in [0.717, 1.165) is 10.9 Å². The summed E-state index contributed by atoms with van der Waals surface area (Å²) >= 11 is 12.0. The lowest BCUT2D eigenvalue weighted by Gasteiger charge is -2.08. The van der Waals surface area contributed by atoms with Gasteiger partial charge in [0.25, 0.3) is 0 Å². The largest absolute Gasteiger partial charge is 0.437 e. The van der Waals surface area contributed by atoms with Gasteiger partial charge in [0.05, 0.1) is 10.5 Å². The van der Waals surface area contributed by atoms with Crippen LogP contribution in [0, 0.1) is 0 Å². The molecule has 0 aliphatic rings. The fourth-order valence-electron chi connectivity index (χ4n) is 1.78. The van der Waals surface area contributed by atoms with Crippen LogP contribution in [0.25, 0.3) is 10.9 Å². The molecule has 0 aliphatic heterocycles. The van der Waals surface area contributed by atoms with Gasteiger partial charge < -0.3 is 4.74 Å². The van der Waals surface area contributed by atoms with E-state index in [-0.39, 0.29) is 0 Å². The molecule has 1 aromatic heterocycles. The van der Waals surface area contributed by atoms with Crippen LogP contribution in [0.15, 0.2) is 54.6 Å². The summed E-state index contributed by atoms with van der Waals surface area (Å²) in [6.07, 6.45) is 0. The zero-order valence-electron chi connectivity index (χ0n) is 9.81. The first-order chi connectivity index (χ1) is 9.24. The Balaban J connectivity index is 1.99. The van der Waals surface area contributed by atoms with Crippen LogP contribution in [-0.2, 0) is 0 Å². The van der Waals surface area contributed by atoms with Crippen LogP contribution in [0.5, 0.6) is 11.6 Å². The van der Waals surface area contributed by atoms with Crippen molar-refractivity contribution in [1.29, 1.82) is 0 Å². The van der Waals surface area contributed by atoms with Gasteiger partial charge in [-0.2, -0.15) is 0 Å². The van der Waals surface area contributed by atoms with Crippen molar-refractivity contribution in [2.45, 2.75) is 0 Å². The fourth-order valence-corrected chi connectivity index (χ4v) is 2.11. The van der Waals surface area contributed by atoms with Gasteiger partial charge in [-0.3, -0.25) is 0 Å². The van der Waals surface area contributed by atoms with Crippen molar-refractivity contribution in [1.82, 2.24) is 4.98 Å². The van der Waals surface area contributed by atoms with E-state index in [9.17, 15) is 0 Å². The molecule has 0 bridgehead atoms. The number of halogens is 2. The number of ether oxygens (including phenoxy) is 1. The molecule has 0 aliphatic carbocycles. The van der Waals surface area contributed by atoms with Crippen LogP contribution in [-0.4, -0.2) is 4.98 Å². The van der Waals surface area contributed by atoms with Crippen molar-refractivity contribution >= 4 is 34.1 Å². The summed E-state index contributed by atoms with van der Waals surface area (Å²) < 4.78 is 5.67. The summed E-state index contributed by atoms with van der Waals surface area (Å²) in [7, 11) is 0. The molecule has 0 saturated heterocycles. The second kappa shape index (κ2) is 5.08. The standard InChI is InChI=1S/C15H9Cl2NO/c16-11-5-3-7-13(15(11)17)19-14-9-8-10-4-1-2-6-12(10)18-14/h1-9H. The van der Waals surface area contributed by atoms with Crippen LogP contribution in [0.1, 0.15) is 0 Å². The molecular formula is C15H9Cl2NO. The topological polar surface area (TPSA) is 22.1 Å². The second-order valence-electron chi connectivity index (χ2n) is 4.00. The first kappa shape index (κ1) is 12.3. The van der Waals surface area contributed by atoms with Gasteiger partial charge in [-0.25, -0.2) is 4.98 Å². The minimum absolute atomic E-state index is 0.388. The van der Waals surface area contributed by atoms with Crippen molar-refractivity contribution in [2.24, 2.45) is 0 Å². The molecule has 3 aromatic rings. The molecule has 0 amide bonds. The molecule has 2 aromatic carbocycles. The average molecular weight is 290 g/mol. The van der Waals surface area contributed by atoms with E-state index in [1.807, 2.05) is 30.3 Å². The van der Waals surface area contributed by atoms with Gasteiger partial charge in [-0.1, -0.05) is 47.5 Å². The third-order valence-electron chi connectivity index (χ3n) is 2.70. The minimum Gasteiger partial charge on any atom is -0.437 e. The maximum absolute atomic E-state index is 6.08. The van der Waals surface area contributed by atoms with Gasteiger partial charge in [0.1, 0.15) is 10.8 Å². The fraction of sp³-hybridized carbons (Fsp3) is 0. The average Bonchev–Trinajstić information content (AvgIpc) is 2.44. The van der Waals surface area contributed by atoms with E-state index < -0.39 is 0 Å². The Hall–Kier alpha value is -1.77. The zero-order chi connectivity index (χ0) is 13.2. The molecule has 0 radical (unpaired) electrons. The molecule has 0 saturated carbocycles. The van der Waals surface area contributed by atoms with E-state index in [1.54, 1.807) is 24.3 Å². The summed E-state index contributed by atoms with van der Waals surface area (Å²) in [5, 5.41) is 1.91. The summed E-state index contributed by atoms with van der Waals surface area (Å²) in [5.41, 5.74) is 0.873. The van der Waals surface area contributed by atoms with Crippen LogP contribution in [0.3, 0.4) is 0 Å². The number of benzene rings is 2. The molecule has 0 N–H and O–H groups in total. The van der Waals surface area contributed by atoms with Gasteiger partial charge in [0.2, 0.25) is 5.88 Å². The van der Waals surface area contributed by atoms with Crippen LogP contribution in [0.2, 0.25) is 10.0 Å². The smallest absolute Gasteiger partial charge is 0.219 e. The number of fused-ring (bicyclic) bond motifs is 1. The molecule has 0 spiro atoms. The quantitative estimate of drug-likeness (QED) is 0.636. The van der Waals surface area contributed by atoms with Crippen LogP contribution < -0.4 is 4.74 Å². The highest BCUT2D eigenvalue weighted by Crippen LogP contribution is 2.34.